The van der Waals surface area contributed by atoms with Gasteiger partial charge in [-0.25, -0.2) is 0 Å². The van der Waals surface area contributed by atoms with E-state index in [0.717, 1.165) is 76.3 Å². The molecule has 0 aliphatic heterocycles. The van der Waals surface area contributed by atoms with Crippen LogP contribution >= 0.6 is 0 Å². The number of aromatic nitrogens is 6. The quantitative estimate of drug-likeness (QED) is 0.217. The van der Waals surface area contributed by atoms with Crippen LogP contribution < -0.4 is 0 Å². The van der Waals surface area contributed by atoms with Gasteiger partial charge in [0, 0.05) is 78.6 Å². The van der Waals surface area contributed by atoms with Gasteiger partial charge in [0.05, 0.1) is 57.9 Å². The van der Waals surface area contributed by atoms with E-state index in [4.69, 9.17) is 4.42 Å². The molecule has 0 aliphatic rings. The molecule has 0 fully saturated rings. The Labute approximate surface area is 217 Å². The van der Waals surface area contributed by atoms with E-state index < -0.39 is 0 Å². The fourth-order valence-corrected chi connectivity index (χ4v) is 7.35. The van der Waals surface area contributed by atoms with Crippen LogP contribution in [0.4, 0.5) is 0 Å². The lowest BCUT2D eigenvalue weighted by molar-refractivity contribution is 0.670. The molecule has 0 radical (unpaired) electrons. The van der Waals surface area contributed by atoms with E-state index in [-0.39, 0.29) is 0 Å². The molecule has 178 valence electrons. The average Bonchev–Trinajstić information content (AvgIpc) is 3.76. The second-order valence-electron chi connectivity index (χ2n) is 10.4. The van der Waals surface area contributed by atoms with Crippen LogP contribution in [0, 0.1) is 0 Å². The molecule has 0 unspecified atom stereocenters. The van der Waals surface area contributed by atoms with Crippen molar-refractivity contribution in [3.63, 3.8) is 0 Å². The molecule has 39 heavy (non-hydrogen) atoms. The van der Waals surface area contributed by atoms with Crippen molar-refractivity contribution in [2.75, 3.05) is 0 Å². The summed E-state index contributed by atoms with van der Waals surface area (Å²) in [6, 6.07) is 12.8. The molecule has 9 heterocycles. The van der Waals surface area contributed by atoms with E-state index in [1.807, 2.05) is 49.6 Å². The third kappa shape index (κ3) is 1.88. The molecule has 0 atom stereocenters. The minimum Gasteiger partial charge on any atom is -0.456 e. The number of hydrogen-bond donors (Lipinski definition) is 0. The molecule has 7 nitrogen and oxygen atoms in total. The van der Waals surface area contributed by atoms with Crippen molar-refractivity contribution in [1.82, 2.24) is 28.7 Å². The number of rotatable bonds is 0. The Morgan fingerprint density at radius 1 is 0.436 bits per heavy atom. The van der Waals surface area contributed by atoms with E-state index in [9.17, 15) is 0 Å². The average molecular weight is 499 g/mol. The number of pyridine rings is 4. The molecule has 0 aliphatic carbocycles. The van der Waals surface area contributed by atoms with Crippen LogP contribution in [0.25, 0.3) is 98.1 Å². The van der Waals surface area contributed by atoms with Gasteiger partial charge in [-0.15, -0.1) is 0 Å². The van der Waals surface area contributed by atoms with E-state index in [1.165, 1.54) is 21.8 Å². The lowest BCUT2D eigenvalue weighted by atomic mass is 9.99. The Bertz CT molecular complexity index is 2640. The second kappa shape index (κ2) is 5.95. The molecule has 0 amide bonds. The molecule has 9 aromatic heterocycles. The van der Waals surface area contributed by atoms with Crippen LogP contribution in [0.3, 0.4) is 0 Å². The lowest BCUT2D eigenvalue weighted by Crippen LogP contribution is -1.81. The first-order valence-electron chi connectivity index (χ1n) is 12.9. The van der Waals surface area contributed by atoms with Crippen LogP contribution in [-0.2, 0) is 0 Å². The molecular formula is C32H14N6O. The molecule has 0 spiro atoms. The second-order valence-corrected chi connectivity index (χ2v) is 10.4. The largest absolute Gasteiger partial charge is 0.456 e. The topological polar surface area (TPSA) is 73.5 Å². The summed E-state index contributed by atoms with van der Waals surface area (Å²) in [6.45, 7) is 0. The van der Waals surface area contributed by atoms with Crippen LogP contribution in [0.1, 0.15) is 0 Å². The number of hydrogen-bond acceptors (Lipinski definition) is 5. The molecule has 0 bridgehead atoms. The molecule has 11 aromatic rings. The minimum atomic E-state index is 0.886. The van der Waals surface area contributed by atoms with Crippen molar-refractivity contribution >= 4 is 98.1 Å². The first-order chi connectivity index (χ1) is 19.4. The first kappa shape index (κ1) is 18.6. The Hall–Kier alpha value is -5.56. The highest BCUT2D eigenvalue weighted by atomic mass is 16.3. The Morgan fingerprint density at radius 3 is 1.26 bits per heavy atom. The van der Waals surface area contributed by atoms with Crippen LogP contribution in [-0.4, -0.2) is 28.7 Å². The predicted molar refractivity (Wildman–Crippen MR) is 154 cm³/mol. The molecule has 11 rings (SSSR count). The predicted octanol–water partition coefficient (Wildman–Crippen LogP) is 7.47. The maximum Gasteiger partial charge on any atom is 0.136 e. The Morgan fingerprint density at radius 2 is 0.821 bits per heavy atom. The smallest absolute Gasteiger partial charge is 0.136 e. The molecule has 0 saturated heterocycles. The van der Waals surface area contributed by atoms with Gasteiger partial charge >= 0.3 is 0 Å². The summed E-state index contributed by atoms with van der Waals surface area (Å²) in [6.07, 6.45) is 15.3. The van der Waals surface area contributed by atoms with Gasteiger partial charge in [0.15, 0.2) is 0 Å². The molecule has 0 saturated carbocycles. The van der Waals surface area contributed by atoms with Gasteiger partial charge in [0.2, 0.25) is 0 Å². The monoisotopic (exact) mass is 498 g/mol. The van der Waals surface area contributed by atoms with Gasteiger partial charge in [-0.2, -0.15) is 0 Å². The van der Waals surface area contributed by atoms with E-state index >= 15 is 0 Å². The zero-order chi connectivity index (χ0) is 25.0. The third-order valence-electron chi connectivity index (χ3n) is 8.73. The Kier molecular flexibility index (Phi) is 2.84. The summed E-state index contributed by atoms with van der Waals surface area (Å²) in [5.74, 6) is 0. The van der Waals surface area contributed by atoms with Crippen molar-refractivity contribution in [2.24, 2.45) is 0 Å². The van der Waals surface area contributed by atoms with Crippen molar-refractivity contribution in [3.8, 4) is 0 Å². The van der Waals surface area contributed by atoms with Crippen molar-refractivity contribution in [2.45, 2.75) is 0 Å². The lowest BCUT2D eigenvalue weighted by Gasteiger charge is -2.00. The van der Waals surface area contributed by atoms with Gasteiger partial charge in [-0.05, 0) is 36.4 Å². The standard InChI is InChI=1S/C32H14N6O/c1-5-33-11-21-15(1)19-9-25-29(27-17-3-7-35-13-23(17)37(21)31(19)27)30-26(39-25)10-20-16-2-6-34-12-22(16)38-24-14-36-8-4-18(24)28(30)32(20)38/h1-14H. The number of furan rings is 1. The van der Waals surface area contributed by atoms with Gasteiger partial charge in [-0.1, -0.05) is 0 Å². The SMILES string of the molecule is c1cc2c3cc4oc5cc6c7ccncc7n7c8cnccc8c(c5c4c4c5ccncc5n(c2cn1)c34)c67. The van der Waals surface area contributed by atoms with E-state index in [0.29, 0.717) is 0 Å². The van der Waals surface area contributed by atoms with Crippen LogP contribution in [0.15, 0.2) is 90.4 Å². The van der Waals surface area contributed by atoms with Crippen molar-refractivity contribution in [1.29, 1.82) is 0 Å². The third-order valence-corrected chi connectivity index (χ3v) is 8.73. The zero-order valence-corrected chi connectivity index (χ0v) is 20.2. The van der Waals surface area contributed by atoms with E-state index in [1.54, 1.807) is 0 Å². The van der Waals surface area contributed by atoms with Gasteiger partial charge in [-0.3, -0.25) is 19.9 Å². The van der Waals surface area contributed by atoms with Crippen molar-refractivity contribution < 1.29 is 4.42 Å². The van der Waals surface area contributed by atoms with E-state index in [2.05, 4.69) is 65.1 Å². The van der Waals surface area contributed by atoms with Crippen LogP contribution in [0.5, 0.6) is 0 Å². The van der Waals surface area contributed by atoms with Gasteiger partial charge in [0.25, 0.3) is 0 Å². The number of fused-ring (bicyclic) bond motifs is 17. The van der Waals surface area contributed by atoms with Crippen molar-refractivity contribution in [3.05, 3.63) is 86.0 Å². The summed E-state index contributed by atoms with van der Waals surface area (Å²) >= 11 is 0. The van der Waals surface area contributed by atoms with Crippen LogP contribution in [0.2, 0.25) is 0 Å². The normalized spacial score (nSPS) is 13.1. The Balaban J connectivity index is 1.54. The molecule has 0 N–H and O–H groups in total. The number of nitrogens with zero attached hydrogens (tertiary/aromatic N) is 6. The highest BCUT2D eigenvalue weighted by Crippen LogP contribution is 2.50. The molecular weight excluding hydrogens is 484 g/mol. The maximum atomic E-state index is 6.79. The maximum absolute atomic E-state index is 6.79. The van der Waals surface area contributed by atoms with Gasteiger partial charge in [0.1, 0.15) is 11.2 Å². The highest BCUT2D eigenvalue weighted by Gasteiger charge is 2.27. The number of benzene rings is 2. The summed E-state index contributed by atoms with van der Waals surface area (Å²) < 4.78 is 11.4. The molecule has 2 aromatic carbocycles. The summed E-state index contributed by atoms with van der Waals surface area (Å²) in [4.78, 5) is 17.9. The fourth-order valence-electron chi connectivity index (χ4n) is 7.35. The highest BCUT2D eigenvalue weighted by molar-refractivity contribution is 6.41. The first-order valence-corrected chi connectivity index (χ1v) is 12.9. The minimum absolute atomic E-state index is 0.886. The summed E-state index contributed by atoms with van der Waals surface area (Å²) in [5.41, 5.74) is 8.44. The van der Waals surface area contributed by atoms with Gasteiger partial charge < -0.3 is 13.2 Å². The summed E-state index contributed by atoms with van der Waals surface area (Å²) in [5, 5.41) is 11.6. The zero-order valence-electron chi connectivity index (χ0n) is 20.2. The fraction of sp³-hybridized carbons (Fsp3) is 0. The summed E-state index contributed by atoms with van der Waals surface area (Å²) in [7, 11) is 0. The molecule has 7 heteroatoms.